The highest BCUT2D eigenvalue weighted by Gasteiger charge is 2.34. The molecule has 2 aromatic heterocycles. The van der Waals surface area contributed by atoms with Crippen molar-refractivity contribution in [2.75, 3.05) is 13.2 Å². The molecule has 4 rings (SSSR count). The van der Waals surface area contributed by atoms with E-state index in [1.165, 1.54) is 6.07 Å². The molecule has 0 N–H and O–H groups in total. The van der Waals surface area contributed by atoms with Crippen LogP contribution in [-0.2, 0) is 17.3 Å². The molecule has 0 spiro atoms. The predicted molar refractivity (Wildman–Crippen MR) is 93.8 cm³/mol. The fourth-order valence-corrected chi connectivity index (χ4v) is 3.87. The molecule has 3 heterocycles. The van der Waals surface area contributed by atoms with Gasteiger partial charge in [-0.2, -0.15) is 0 Å². The molecule has 0 aliphatic carbocycles. The Morgan fingerprint density at radius 3 is 2.75 bits per heavy atom. The standard InChI is InChI=1S/C17H17BrFN3O2/c1-17(3-5-24-6-4-17)22-15-10-7-11(18)12(19)8-13(10)20-9-14(15)21(2)16(22)23/h7-9H,3-6H2,1-2H3. The molecule has 1 fully saturated rings. The molecule has 1 aliphatic rings. The van der Waals surface area contributed by atoms with Crippen LogP contribution >= 0.6 is 15.9 Å². The normalized spacial score (nSPS) is 17.7. The first-order valence-corrected chi connectivity index (χ1v) is 8.65. The summed E-state index contributed by atoms with van der Waals surface area (Å²) < 4.78 is 23.2. The third kappa shape index (κ3) is 2.14. The lowest BCUT2D eigenvalue weighted by molar-refractivity contribution is 0.0297. The lowest BCUT2D eigenvalue weighted by Crippen LogP contribution is -2.43. The summed E-state index contributed by atoms with van der Waals surface area (Å²) in [4.78, 5) is 17.3. The van der Waals surface area contributed by atoms with Crippen molar-refractivity contribution in [1.29, 1.82) is 0 Å². The van der Waals surface area contributed by atoms with Gasteiger partial charge in [0.05, 0.1) is 32.8 Å². The van der Waals surface area contributed by atoms with Crippen LogP contribution in [0.2, 0.25) is 0 Å². The van der Waals surface area contributed by atoms with E-state index >= 15 is 0 Å². The number of hydrogen-bond acceptors (Lipinski definition) is 3. The third-order valence-corrected chi connectivity index (χ3v) is 5.64. The van der Waals surface area contributed by atoms with Crippen molar-refractivity contribution in [3.8, 4) is 0 Å². The van der Waals surface area contributed by atoms with Gasteiger partial charge in [-0.05, 0) is 41.8 Å². The molecule has 1 aromatic carbocycles. The number of ether oxygens (including phenoxy) is 1. The molecule has 5 nitrogen and oxygen atoms in total. The number of hydrogen-bond donors (Lipinski definition) is 0. The Hall–Kier alpha value is -1.73. The van der Waals surface area contributed by atoms with Crippen LogP contribution in [0, 0.1) is 5.82 Å². The zero-order valence-electron chi connectivity index (χ0n) is 13.5. The zero-order chi connectivity index (χ0) is 17.1. The number of pyridine rings is 1. The summed E-state index contributed by atoms with van der Waals surface area (Å²) in [5, 5.41) is 0.770. The smallest absolute Gasteiger partial charge is 0.329 e. The largest absolute Gasteiger partial charge is 0.381 e. The minimum atomic E-state index is -0.364. The fourth-order valence-electron chi connectivity index (χ4n) is 3.53. The minimum Gasteiger partial charge on any atom is -0.381 e. The third-order valence-electron chi connectivity index (χ3n) is 5.04. The van der Waals surface area contributed by atoms with Gasteiger partial charge < -0.3 is 4.74 Å². The highest BCUT2D eigenvalue weighted by molar-refractivity contribution is 9.10. The Bertz CT molecular complexity index is 1020. The van der Waals surface area contributed by atoms with Gasteiger partial charge in [-0.15, -0.1) is 0 Å². The van der Waals surface area contributed by atoms with Gasteiger partial charge in [0.25, 0.3) is 0 Å². The summed E-state index contributed by atoms with van der Waals surface area (Å²) in [7, 11) is 1.75. The molecule has 0 radical (unpaired) electrons. The molecule has 0 bridgehead atoms. The van der Waals surface area contributed by atoms with Gasteiger partial charge in [-0.1, -0.05) is 0 Å². The summed E-state index contributed by atoms with van der Waals surface area (Å²) >= 11 is 3.24. The van der Waals surface area contributed by atoms with Crippen LogP contribution in [-0.4, -0.2) is 27.3 Å². The van der Waals surface area contributed by atoms with Crippen molar-refractivity contribution >= 4 is 37.9 Å². The Morgan fingerprint density at radius 2 is 2.04 bits per heavy atom. The lowest BCUT2D eigenvalue weighted by Gasteiger charge is -2.35. The maximum atomic E-state index is 13.9. The number of fused-ring (bicyclic) bond motifs is 3. The van der Waals surface area contributed by atoms with Gasteiger partial charge in [0, 0.05) is 31.7 Å². The number of benzene rings is 1. The maximum Gasteiger partial charge on any atom is 0.329 e. The second-order valence-electron chi connectivity index (χ2n) is 6.56. The van der Waals surface area contributed by atoms with E-state index in [-0.39, 0.29) is 17.0 Å². The Kier molecular flexibility index (Phi) is 3.54. The van der Waals surface area contributed by atoms with Gasteiger partial charge >= 0.3 is 5.69 Å². The van der Waals surface area contributed by atoms with Gasteiger partial charge in [-0.3, -0.25) is 14.1 Å². The van der Waals surface area contributed by atoms with E-state index in [4.69, 9.17) is 4.74 Å². The first-order chi connectivity index (χ1) is 11.4. The van der Waals surface area contributed by atoms with Crippen molar-refractivity contribution in [3.05, 3.63) is 39.1 Å². The molecule has 0 atom stereocenters. The van der Waals surface area contributed by atoms with Gasteiger partial charge in [0.15, 0.2) is 0 Å². The SMILES string of the molecule is Cn1c(=O)n(C2(C)CCOCC2)c2c3cc(Br)c(F)cc3ncc21. The van der Waals surface area contributed by atoms with Crippen LogP contribution in [0.1, 0.15) is 19.8 Å². The summed E-state index contributed by atoms with van der Waals surface area (Å²) in [6, 6.07) is 3.10. The zero-order valence-corrected chi connectivity index (χ0v) is 15.1. The molecule has 3 aromatic rings. The van der Waals surface area contributed by atoms with Crippen molar-refractivity contribution in [1.82, 2.24) is 14.1 Å². The van der Waals surface area contributed by atoms with Crippen molar-refractivity contribution < 1.29 is 9.13 Å². The highest BCUT2D eigenvalue weighted by Crippen LogP contribution is 2.34. The summed E-state index contributed by atoms with van der Waals surface area (Å²) in [5.74, 6) is -0.364. The fraction of sp³-hybridized carbons (Fsp3) is 0.412. The number of rotatable bonds is 1. The Balaban J connectivity index is 2.16. The van der Waals surface area contributed by atoms with E-state index in [0.29, 0.717) is 23.2 Å². The first kappa shape index (κ1) is 15.8. The van der Waals surface area contributed by atoms with Gasteiger partial charge in [0.2, 0.25) is 0 Å². The van der Waals surface area contributed by atoms with E-state index in [1.54, 1.807) is 23.9 Å². The second kappa shape index (κ2) is 5.39. The number of nitrogens with zero attached hydrogens (tertiary/aromatic N) is 3. The molecule has 1 aliphatic heterocycles. The summed E-state index contributed by atoms with van der Waals surface area (Å²) in [6.45, 7) is 3.34. The maximum absolute atomic E-state index is 13.9. The molecule has 1 saturated heterocycles. The highest BCUT2D eigenvalue weighted by atomic mass is 79.9. The first-order valence-electron chi connectivity index (χ1n) is 7.86. The Labute approximate surface area is 146 Å². The number of aryl methyl sites for hydroxylation is 1. The van der Waals surface area contributed by atoms with Crippen LogP contribution in [0.3, 0.4) is 0 Å². The quantitative estimate of drug-likeness (QED) is 0.637. The van der Waals surface area contributed by atoms with Crippen LogP contribution in [0.25, 0.3) is 21.9 Å². The van der Waals surface area contributed by atoms with E-state index < -0.39 is 0 Å². The molecule has 24 heavy (non-hydrogen) atoms. The molecule has 7 heteroatoms. The molecule has 0 saturated carbocycles. The van der Waals surface area contributed by atoms with E-state index in [0.717, 1.165) is 29.3 Å². The van der Waals surface area contributed by atoms with Crippen LogP contribution in [0.5, 0.6) is 0 Å². The van der Waals surface area contributed by atoms with Gasteiger partial charge in [-0.25, -0.2) is 9.18 Å². The van der Waals surface area contributed by atoms with Crippen LogP contribution in [0.4, 0.5) is 4.39 Å². The van der Waals surface area contributed by atoms with Crippen molar-refractivity contribution in [2.45, 2.75) is 25.3 Å². The summed E-state index contributed by atoms with van der Waals surface area (Å²) in [6.07, 6.45) is 3.17. The Morgan fingerprint density at radius 1 is 1.33 bits per heavy atom. The number of halogens is 2. The van der Waals surface area contributed by atoms with Crippen LogP contribution in [0.15, 0.2) is 27.6 Å². The van der Waals surface area contributed by atoms with Crippen LogP contribution < -0.4 is 5.69 Å². The topological polar surface area (TPSA) is 49.0 Å². The van der Waals surface area contributed by atoms with E-state index in [9.17, 15) is 9.18 Å². The number of imidazole rings is 1. The van der Waals surface area contributed by atoms with Crippen molar-refractivity contribution in [3.63, 3.8) is 0 Å². The second-order valence-corrected chi connectivity index (χ2v) is 7.42. The molecular weight excluding hydrogens is 377 g/mol. The number of aromatic nitrogens is 3. The summed E-state index contributed by atoms with van der Waals surface area (Å²) in [5.41, 5.74) is 1.68. The molecule has 0 unspecified atom stereocenters. The van der Waals surface area contributed by atoms with E-state index in [1.807, 2.05) is 4.57 Å². The molecule has 126 valence electrons. The van der Waals surface area contributed by atoms with Crippen molar-refractivity contribution in [2.24, 2.45) is 7.05 Å². The van der Waals surface area contributed by atoms with E-state index in [2.05, 4.69) is 27.8 Å². The average Bonchev–Trinajstić information content (AvgIpc) is 2.82. The van der Waals surface area contributed by atoms with Gasteiger partial charge in [0.1, 0.15) is 5.82 Å². The molecule has 0 amide bonds. The minimum absolute atomic E-state index is 0.0795. The average molecular weight is 394 g/mol. The monoisotopic (exact) mass is 393 g/mol. The predicted octanol–water partition coefficient (Wildman–Crippen LogP) is 3.32. The molecular formula is C17H17BrFN3O2. The lowest BCUT2D eigenvalue weighted by atomic mass is 9.92.